The molecule has 0 bridgehead atoms. The molecule has 0 aromatic carbocycles. The molecule has 0 radical (unpaired) electrons. The number of hydrogen-bond donors (Lipinski definition) is 0. The summed E-state index contributed by atoms with van der Waals surface area (Å²) < 4.78 is 28.9. The van der Waals surface area contributed by atoms with Crippen molar-refractivity contribution in [2.75, 3.05) is 5.75 Å². The molecule has 2 aliphatic rings. The van der Waals surface area contributed by atoms with Crippen LogP contribution in [0.3, 0.4) is 0 Å². The molecule has 1 aromatic rings. The van der Waals surface area contributed by atoms with E-state index in [-0.39, 0.29) is 17.8 Å². The van der Waals surface area contributed by atoms with E-state index in [9.17, 15) is 13.2 Å². The molecule has 0 spiro atoms. The number of unbranched alkanes of at least 4 members (excludes halogenated alkanes) is 2. The van der Waals surface area contributed by atoms with Crippen molar-refractivity contribution >= 4 is 27.2 Å². The summed E-state index contributed by atoms with van der Waals surface area (Å²) in [4.78, 5) is 12.0. The maximum atomic E-state index is 12.0. The minimum atomic E-state index is -3.37. The van der Waals surface area contributed by atoms with Crippen LogP contribution in [0.4, 0.5) is 0 Å². The molecule has 0 atom stereocenters. The molecule has 6 heteroatoms. The first kappa shape index (κ1) is 22.6. The largest absolute Gasteiger partial charge is 0.299 e. The number of carbonyl (C=O) groups is 1. The van der Waals surface area contributed by atoms with E-state index in [1.165, 1.54) is 19.3 Å². The van der Waals surface area contributed by atoms with E-state index in [2.05, 4.69) is 0 Å². The summed E-state index contributed by atoms with van der Waals surface area (Å²) in [7, 11) is -3.37. The molecule has 4 nitrogen and oxygen atoms in total. The Morgan fingerprint density at radius 3 is 2.11 bits per heavy atom. The van der Waals surface area contributed by atoms with Gasteiger partial charge in [0.25, 0.3) is 10.1 Å². The van der Waals surface area contributed by atoms with E-state index in [1.54, 1.807) is 11.3 Å². The zero-order valence-corrected chi connectivity index (χ0v) is 17.9. The molecule has 0 unspecified atom stereocenters. The van der Waals surface area contributed by atoms with Gasteiger partial charge in [-0.1, -0.05) is 50.7 Å². The molecule has 1 aromatic heterocycles. The SMILES string of the molecule is O=C(CCCCCS(=O)(=O)OC1CCCC1)C1CCCCC1.c1ccsc1. The van der Waals surface area contributed by atoms with Gasteiger partial charge in [0.2, 0.25) is 0 Å². The van der Waals surface area contributed by atoms with Gasteiger partial charge >= 0.3 is 0 Å². The Morgan fingerprint density at radius 1 is 0.889 bits per heavy atom. The van der Waals surface area contributed by atoms with E-state index >= 15 is 0 Å². The first-order valence-electron chi connectivity index (χ1n) is 10.5. The minimum absolute atomic E-state index is 0.0853. The molecule has 154 valence electrons. The molecule has 3 rings (SSSR count). The van der Waals surface area contributed by atoms with Crippen molar-refractivity contribution in [1.29, 1.82) is 0 Å². The lowest BCUT2D eigenvalue weighted by atomic mass is 9.84. The molecule has 0 N–H and O–H groups in total. The van der Waals surface area contributed by atoms with Gasteiger partial charge in [-0.2, -0.15) is 19.8 Å². The van der Waals surface area contributed by atoms with Gasteiger partial charge in [0, 0.05) is 12.3 Å². The van der Waals surface area contributed by atoms with Crippen molar-refractivity contribution in [3.63, 3.8) is 0 Å². The van der Waals surface area contributed by atoms with Crippen LogP contribution >= 0.6 is 11.3 Å². The maximum absolute atomic E-state index is 12.0. The smallest absolute Gasteiger partial charge is 0.267 e. The molecule has 0 aliphatic heterocycles. The third kappa shape index (κ3) is 9.86. The van der Waals surface area contributed by atoms with Crippen LogP contribution in [-0.2, 0) is 19.1 Å². The Balaban J connectivity index is 0.000000451. The lowest BCUT2D eigenvalue weighted by Gasteiger charge is -2.20. The van der Waals surface area contributed by atoms with Crippen LogP contribution in [0, 0.1) is 5.92 Å². The van der Waals surface area contributed by atoms with Crippen molar-refractivity contribution in [3.8, 4) is 0 Å². The van der Waals surface area contributed by atoms with Gasteiger partial charge in [0.15, 0.2) is 0 Å². The summed E-state index contributed by atoms with van der Waals surface area (Å²) in [5.74, 6) is 0.772. The zero-order chi connectivity index (χ0) is 19.4. The van der Waals surface area contributed by atoms with Crippen molar-refractivity contribution in [3.05, 3.63) is 22.9 Å². The molecule has 2 aliphatic carbocycles. The summed E-state index contributed by atoms with van der Waals surface area (Å²) in [6, 6.07) is 4.04. The van der Waals surface area contributed by atoms with Crippen molar-refractivity contribution in [2.24, 2.45) is 5.92 Å². The Hall–Kier alpha value is -0.720. The van der Waals surface area contributed by atoms with Crippen LogP contribution in [0.2, 0.25) is 0 Å². The number of hydrogen-bond acceptors (Lipinski definition) is 5. The topological polar surface area (TPSA) is 60.4 Å². The van der Waals surface area contributed by atoms with E-state index in [1.807, 2.05) is 22.9 Å². The first-order chi connectivity index (χ1) is 13.1. The highest BCUT2D eigenvalue weighted by Crippen LogP contribution is 2.26. The molecule has 2 saturated carbocycles. The zero-order valence-electron chi connectivity index (χ0n) is 16.3. The normalized spacial score (nSPS) is 18.8. The van der Waals surface area contributed by atoms with Crippen LogP contribution < -0.4 is 0 Å². The van der Waals surface area contributed by atoms with Gasteiger partial charge in [-0.15, -0.1) is 0 Å². The Bertz CT molecular complexity index is 581. The average Bonchev–Trinajstić information content (AvgIpc) is 3.38. The molecule has 0 amide bonds. The Labute approximate surface area is 168 Å². The lowest BCUT2D eigenvalue weighted by Crippen LogP contribution is -2.18. The summed E-state index contributed by atoms with van der Waals surface area (Å²) >= 11 is 1.71. The molecule has 2 fully saturated rings. The molecule has 1 heterocycles. The van der Waals surface area contributed by atoms with Gasteiger partial charge in [-0.25, -0.2) is 0 Å². The standard InChI is InChI=1S/C17H30O4S.C4H4S/c18-17(15-9-3-1-4-10-15)13-5-2-8-14-22(19,20)21-16-11-6-7-12-16;1-2-4-5-3-1/h15-16H,1-14H2;1-4H. The number of Topliss-reactive ketones (excluding diaryl/α,β-unsaturated/α-hetero) is 1. The summed E-state index contributed by atoms with van der Waals surface area (Å²) in [6.07, 6.45) is 12.4. The second kappa shape index (κ2) is 12.7. The van der Waals surface area contributed by atoms with Crippen molar-refractivity contribution < 1.29 is 17.4 Å². The van der Waals surface area contributed by atoms with Gasteiger partial charge in [0.05, 0.1) is 11.9 Å². The second-order valence-corrected chi connectivity index (χ2v) is 10.2. The summed E-state index contributed by atoms with van der Waals surface area (Å²) in [5, 5.41) is 4.08. The molecule has 27 heavy (non-hydrogen) atoms. The van der Waals surface area contributed by atoms with E-state index in [4.69, 9.17) is 4.18 Å². The molecular weight excluding hydrogens is 380 g/mol. The van der Waals surface area contributed by atoms with Crippen LogP contribution in [0.5, 0.6) is 0 Å². The fourth-order valence-corrected chi connectivity index (χ4v) is 5.57. The van der Waals surface area contributed by atoms with Gasteiger partial charge in [-0.05, 0) is 49.3 Å². The Kier molecular flexibility index (Phi) is 10.6. The van der Waals surface area contributed by atoms with E-state index in [0.29, 0.717) is 18.6 Å². The first-order valence-corrected chi connectivity index (χ1v) is 13.0. The maximum Gasteiger partial charge on any atom is 0.267 e. The van der Waals surface area contributed by atoms with Crippen LogP contribution in [-0.4, -0.2) is 26.1 Å². The number of thiophene rings is 1. The lowest BCUT2D eigenvalue weighted by molar-refractivity contribution is -0.123. The number of carbonyl (C=O) groups excluding carboxylic acids is 1. The monoisotopic (exact) mass is 414 g/mol. The highest BCUT2D eigenvalue weighted by Gasteiger charge is 2.23. The Morgan fingerprint density at radius 2 is 1.52 bits per heavy atom. The van der Waals surface area contributed by atoms with Crippen LogP contribution in [0.1, 0.15) is 83.5 Å². The number of ketones is 1. The summed E-state index contributed by atoms with van der Waals surface area (Å²) in [6.45, 7) is 0. The van der Waals surface area contributed by atoms with Crippen LogP contribution in [0.15, 0.2) is 22.9 Å². The average molecular weight is 415 g/mol. The highest BCUT2D eigenvalue weighted by molar-refractivity contribution is 7.86. The predicted molar refractivity (Wildman–Crippen MR) is 111 cm³/mol. The van der Waals surface area contributed by atoms with Crippen LogP contribution in [0.25, 0.3) is 0 Å². The second-order valence-electron chi connectivity index (χ2n) is 7.67. The molecular formula is C21H34O4S2. The fraction of sp³-hybridized carbons (Fsp3) is 0.762. The number of rotatable bonds is 9. The van der Waals surface area contributed by atoms with E-state index in [0.717, 1.165) is 51.4 Å². The quantitative estimate of drug-likeness (QED) is 0.382. The predicted octanol–water partition coefficient (Wildman–Crippen LogP) is 5.73. The van der Waals surface area contributed by atoms with Gasteiger partial charge in [0.1, 0.15) is 5.78 Å². The van der Waals surface area contributed by atoms with E-state index < -0.39 is 10.1 Å². The third-order valence-corrected chi connectivity index (χ3v) is 7.37. The third-order valence-electron chi connectivity index (χ3n) is 5.39. The molecule has 0 saturated heterocycles. The summed E-state index contributed by atoms with van der Waals surface area (Å²) in [5.41, 5.74) is 0. The van der Waals surface area contributed by atoms with Gasteiger partial charge in [-0.3, -0.25) is 8.98 Å². The van der Waals surface area contributed by atoms with Gasteiger partial charge < -0.3 is 0 Å². The van der Waals surface area contributed by atoms with Crippen molar-refractivity contribution in [1.82, 2.24) is 0 Å². The minimum Gasteiger partial charge on any atom is -0.299 e. The highest BCUT2D eigenvalue weighted by atomic mass is 32.2. The fourth-order valence-electron chi connectivity index (χ4n) is 3.85. The van der Waals surface area contributed by atoms with Crippen molar-refractivity contribution in [2.45, 2.75) is 89.6 Å².